The number of nitrogens with zero attached hydrogens (tertiary/aromatic N) is 4. The Kier molecular flexibility index (Phi) is 12.4. The number of unbranched alkanes of at least 4 members (excludes halogenated alkanes) is 1. The number of hydrogen-bond donors (Lipinski definition) is 0. The Morgan fingerprint density at radius 3 is 1.93 bits per heavy atom. The molecule has 0 saturated heterocycles. The molecule has 0 aliphatic carbocycles. The first-order valence-electron chi connectivity index (χ1n) is 14.6. The molecule has 0 aliphatic rings. The van der Waals surface area contributed by atoms with Gasteiger partial charge in [0.1, 0.15) is 13.1 Å². The minimum absolute atomic E-state index is 0.971. The molecule has 3 rings (SSSR count). The van der Waals surface area contributed by atoms with Crippen LogP contribution in [0.4, 0.5) is 5.69 Å². The van der Waals surface area contributed by atoms with E-state index in [9.17, 15) is 0 Å². The summed E-state index contributed by atoms with van der Waals surface area (Å²) in [5.74, 6) is 0. The monoisotopic (exact) mass is 536 g/mol. The predicted octanol–water partition coefficient (Wildman–Crippen LogP) is 7.18. The average Bonchev–Trinajstić information content (AvgIpc) is 3.00. The van der Waals surface area contributed by atoms with E-state index < -0.39 is 0 Å². The molecule has 0 amide bonds. The van der Waals surface area contributed by atoms with E-state index in [2.05, 4.69) is 170 Å². The Morgan fingerprint density at radius 2 is 1.30 bits per heavy atom. The number of hydrogen-bond acceptors (Lipinski definition) is 2. The highest BCUT2D eigenvalue weighted by molar-refractivity contribution is 5.68. The van der Waals surface area contributed by atoms with Crippen molar-refractivity contribution in [1.82, 2.24) is 4.90 Å². The lowest BCUT2D eigenvalue weighted by Crippen LogP contribution is -2.34. The number of anilines is 1. The molecule has 0 atom stereocenters. The zero-order chi connectivity index (χ0) is 28.7. The molecular weight excluding hydrogens is 488 g/mol. The van der Waals surface area contributed by atoms with Crippen LogP contribution in [0.5, 0.6) is 0 Å². The Bertz CT molecular complexity index is 1310. The highest BCUT2D eigenvalue weighted by atomic mass is 15.1. The third kappa shape index (κ3) is 9.68. The van der Waals surface area contributed by atoms with Crippen molar-refractivity contribution in [1.29, 1.82) is 0 Å². The van der Waals surface area contributed by atoms with Crippen molar-refractivity contribution in [2.45, 2.75) is 53.6 Å². The smallest absolute Gasteiger partial charge is 0.205 e. The highest BCUT2D eigenvalue weighted by Gasteiger charge is 2.05. The van der Waals surface area contributed by atoms with Gasteiger partial charge in [0.25, 0.3) is 0 Å². The Hall–Kier alpha value is -3.92. The third-order valence-corrected chi connectivity index (χ3v) is 7.36. The molecule has 0 N–H and O–H groups in total. The van der Waals surface area contributed by atoms with E-state index in [1.54, 1.807) is 0 Å². The van der Waals surface area contributed by atoms with Crippen LogP contribution in [-0.4, -0.2) is 32.1 Å². The molecule has 0 aliphatic heterocycles. The van der Waals surface area contributed by atoms with E-state index in [1.807, 2.05) is 0 Å². The maximum atomic E-state index is 2.35. The number of aryl methyl sites for hydroxylation is 2. The predicted molar refractivity (Wildman–Crippen MR) is 172 cm³/mol. The number of benzene rings is 1. The SMILES string of the molecule is CC[n+]1ccccc1/C=C/C(C)=C/C=C(\C)N(C)CCCCN(C)c1ccc(/C=C/c2cccc[n+]2CC)cc1. The first-order valence-corrected chi connectivity index (χ1v) is 14.6. The van der Waals surface area contributed by atoms with Gasteiger partial charge in [0, 0.05) is 75.0 Å². The van der Waals surface area contributed by atoms with Crippen LogP contribution in [0.3, 0.4) is 0 Å². The summed E-state index contributed by atoms with van der Waals surface area (Å²) in [4.78, 5) is 4.71. The average molecular weight is 537 g/mol. The van der Waals surface area contributed by atoms with Crippen molar-refractivity contribution < 1.29 is 9.13 Å². The van der Waals surface area contributed by atoms with Crippen LogP contribution >= 0.6 is 0 Å². The lowest BCUT2D eigenvalue weighted by Gasteiger charge is -2.22. The molecule has 0 saturated carbocycles. The Labute approximate surface area is 242 Å². The van der Waals surface area contributed by atoms with E-state index in [1.165, 1.54) is 33.9 Å². The van der Waals surface area contributed by atoms with Crippen LogP contribution in [0.25, 0.3) is 18.2 Å². The number of allylic oxidation sites excluding steroid dienone is 5. The fraction of sp³-hybridized carbons (Fsp3) is 0.333. The largest absolute Gasteiger partial charge is 0.378 e. The summed E-state index contributed by atoms with van der Waals surface area (Å²) in [6.07, 6.45) is 19.8. The minimum Gasteiger partial charge on any atom is -0.378 e. The molecule has 40 heavy (non-hydrogen) atoms. The summed E-state index contributed by atoms with van der Waals surface area (Å²) in [7, 11) is 4.37. The molecule has 2 heterocycles. The van der Waals surface area contributed by atoms with Crippen LogP contribution in [0, 0.1) is 0 Å². The molecule has 1 aromatic carbocycles. The van der Waals surface area contributed by atoms with Crippen molar-refractivity contribution in [3.8, 4) is 0 Å². The number of rotatable bonds is 14. The van der Waals surface area contributed by atoms with Crippen molar-refractivity contribution in [2.75, 3.05) is 32.1 Å². The van der Waals surface area contributed by atoms with Crippen LogP contribution < -0.4 is 14.0 Å². The molecule has 4 heteroatoms. The van der Waals surface area contributed by atoms with Gasteiger partial charge in [-0.3, -0.25) is 0 Å². The molecule has 0 bridgehead atoms. The van der Waals surface area contributed by atoms with Crippen molar-refractivity contribution in [2.24, 2.45) is 0 Å². The first-order chi connectivity index (χ1) is 19.4. The second-order valence-corrected chi connectivity index (χ2v) is 10.4. The lowest BCUT2D eigenvalue weighted by molar-refractivity contribution is -0.695. The summed E-state index contributed by atoms with van der Waals surface area (Å²) in [6.45, 7) is 12.7. The lowest BCUT2D eigenvalue weighted by atomic mass is 10.1. The van der Waals surface area contributed by atoms with Crippen LogP contribution in [0.15, 0.2) is 103 Å². The van der Waals surface area contributed by atoms with Crippen LogP contribution in [0.2, 0.25) is 0 Å². The van der Waals surface area contributed by atoms with Gasteiger partial charge in [0.15, 0.2) is 12.4 Å². The standard InChI is InChI=1S/C36H48N4/c1-7-39-29-11-9-15-35(39)23-18-31(3)17-19-32(4)37(5)27-13-14-28-38(6)34-24-20-33(21-25-34)22-26-36-16-10-12-30-40(36)8-2/h9-12,15-26,29-30H,7-8,13-14,27-28H2,1-6H3/q+2. The third-order valence-electron chi connectivity index (χ3n) is 7.36. The molecular formula is C36H48N4+2. The summed E-state index contributed by atoms with van der Waals surface area (Å²) in [6, 6.07) is 21.5. The second-order valence-electron chi connectivity index (χ2n) is 10.4. The van der Waals surface area contributed by atoms with Gasteiger partial charge < -0.3 is 9.80 Å². The van der Waals surface area contributed by atoms with Gasteiger partial charge >= 0.3 is 0 Å². The normalized spacial score (nSPS) is 12.4. The van der Waals surface area contributed by atoms with E-state index in [0.717, 1.165) is 39.0 Å². The maximum Gasteiger partial charge on any atom is 0.205 e. The van der Waals surface area contributed by atoms with Gasteiger partial charge in [-0.05, 0) is 82.5 Å². The summed E-state index contributed by atoms with van der Waals surface area (Å²) < 4.78 is 4.49. The fourth-order valence-electron chi connectivity index (χ4n) is 4.53. The molecule has 0 radical (unpaired) electrons. The number of pyridine rings is 2. The molecule has 4 nitrogen and oxygen atoms in total. The number of aromatic nitrogens is 2. The molecule has 0 unspecified atom stereocenters. The maximum absolute atomic E-state index is 2.35. The van der Waals surface area contributed by atoms with Crippen molar-refractivity contribution >= 4 is 23.9 Å². The summed E-state index contributed by atoms with van der Waals surface area (Å²) >= 11 is 0. The van der Waals surface area contributed by atoms with Gasteiger partial charge in [0.2, 0.25) is 11.4 Å². The Balaban J connectivity index is 1.42. The van der Waals surface area contributed by atoms with Crippen LogP contribution in [0.1, 0.15) is 57.5 Å². The highest BCUT2D eigenvalue weighted by Crippen LogP contribution is 2.16. The molecule has 2 aromatic heterocycles. The van der Waals surface area contributed by atoms with Crippen LogP contribution in [-0.2, 0) is 13.1 Å². The summed E-state index contributed by atoms with van der Waals surface area (Å²) in [5.41, 5.74) is 7.45. The van der Waals surface area contributed by atoms with Gasteiger partial charge in [-0.15, -0.1) is 0 Å². The van der Waals surface area contributed by atoms with E-state index >= 15 is 0 Å². The van der Waals surface area contributed by atoms with Gasteiger partial charge in [-0.1, -0.05) is 29.9 Å². The summed E-state index contributed by atoms with van der Waals surface area (Å²) in [5, 5.41) is 0. The van der Waals surface area contributed by atoms with E-state index in [0.29, 0.717) is 0 Å². The molecule has 3 aromatic rings. The topological polar surface area (TPSA) is 14.2 Å². The van der Waals surface area contributed by atoms with Gasteiger partial charge in [-0.25, -0.2) is 0 Å². The van der Waals surface area contributed by atoms with Crippen molar-refractivity contribution in [3.05, 3.63) is 120 Å². The molecule has 210 valence electrons. The quantitative estimate of drug-likeness (QED) is 0.123. The minimum atomic E-state index is 0.971. The van der Waals surface area contributed by atoms with E-state index in [4.69, 9.17) is 0 Å². The Morgan fingerprint density at radius 1 is 0.700 bits per heavy atom. The molecule has 0 fully saturated rings. The van der Waals surface area contributed by atoms with E-state index in [-0.39, 0.29) is 0 Å². The van der Waals surface area contributed by atoms with Crippen molar-refractivity contribution in [3.63, 3.8) is 0 Å². The van der Waals surface area contributed by atoms with Gasteiger partial charge in [0.05, 0.1) is 0 Å². The fourth-order valence-corrected chi connectivity index (χ4v) is 4.53. The zero-order valence-electron chi connectivity index (χ0n) is 25.4. The molecule has 0 spiro atoms. The second kappa shape index (κ2) is 16.2. The van der Waals surface area contributed by atoms with Gasteiger partial charge in [-0.2, -0.15) is 9.13 Å². The first kappa shape index (κ1) is 30.6. The zero-order valence-corrected chi connectivity index (χ0v) is 25.4.